The molecule has 0 aromatic heterocycles. The van der Waals surface area contributed by atoms with E-state index in [1.807, 2.05) is 6.07 Å². The molecule has 0 radical (unpaired) electrons. The molecular weight excluding hydrogens is 327 g/mol. The minimum Gasteiger partial charge on any atom is -0.359 e. The number of hydrogen-bond acceptors (Lipinski definition) is 5. The third kappa shape index (κ3) is 1.78. The van der Waals surface area contributed by atoms with Crippen LogP contribution in [0.1, 0.15) is 31.4 Å². The van der Waals surface area contributed by atoms with Crippen molar-refractivity contribution in [3.05, 3.63) is 29.3 Å². The second-order valence-corrected chi connectivity index (χ2v) is 7.18. The number of amides is 2. The fourth-order valence-corrected chi connectivity index (χ4v) is 4.51. The quantitative estimate of drug-likeness (QED) is 0.763. The average Bonchev–Trinajstić information content (AvgIpc) is 3.08. The number of alkyl halides is 1. The highest BCUT2D eigenvalue weighted by molar-refractivity contribution is 6.25. The molecule has 2 bridgehead atoms. The van der Waals surface area contributed by atoms with Crippen LogP contribution in [-0.4, -0.2) is 28.8 Å². The number of nitriles is 1. The Morgan fingerprint density at radius 3 is 2.60 bits per heavy atom. The molecule has 6 nitrogen and oxygen atoms in total. The van der Waals surface area contributed by atoms with E-state index in [4.69, 9.17) is 10.00 Å². The summed E-state index contributed by atoms with van der Waals surface area (Å²) >= 11 is 0. The van der Waals surface area contributed by atoms with Gasteiger partial charge in [0.15, 0.2) is 5.78 Å². The first-order valence-electron chi connectivity index (χ1n) is 7.97. The molecule has 0 saturated carbocycles. The normalized spacial score (nSPS) is 36.1. The molecule has 0 N–H and O–H groups in total. The average molecular weight is 342 g/mol. The van der Waals surface area contributed by atoms with Crippen molar-refractivity contribution in [1.29, 1.82) is 5.26 Å². The Morgan fingerprint density at radius 2 is 1.96 bits per heavy atom. The molecule has 128 valence electrons. The summed E-state index contributed by atoms with van der Waals surface area (Å²) in [6.07, 6.45) is 0.0978. The first-order chi connectivity index (χ1) is 11.8. The van der Waals surface area contributed by atoms with Crippen LogP contribution in [0.5, 0.6) is 0 Å². The van der Waals surface area contributed by atoms with Crippen LogP contribution in [0.2, 0.25) is 0 Å². The number of carbonyl (C=O) groups excluding carboxylic acids is 3. The van der Waals surface area contributed by atoms with Gasteiger partial charge in [0.25, 0.3) is 0 Å². The van der Waals surface area contributed by atoms with Gasteiger partial charge < -0.3 is 4.74 Å². The topological polar surface area (TPSA) is 87.5 Å². The Labute approximate surface area is 143 Å². The summed E-state index contributed by atoms with van der Waals surface area (Å²) in [6, 6.07) is 6.05. The number of rotatable bonds is 2. The van der Waals surface area contributed by atoms with Crippen molar-refractivity contribution in [3.8, 4) is 6.07 Å². The smallest absolute Gasteiger partial charge is 0.241 e. The van der Waals surface area contributed by atoms with Gasteiger partial charge in [-0.05, 0) is 32.0 Å². The molecule has 4 atom stereocenters. The lowest BCUT2D eigenvalue weighted by molar-refractivity contribution is -0.139. The lowest BCUT2D eigenvalue weighted by atomic mass is 9.68. The molecule has 2 amide bonds. The van der Waals surface area contributed by atoms with Crippen LogP contribution < -0.4 is 4.90 Å². The first-order valence-corrected chi connectivity index (χ1v) is 7.97. The number of carbonyl (C=O) groups is 3. The van der Waals surface area contributed by atoms with Crippen LogP contribution in [0, 0.1) is 23.2 Å². The molecule has 3 aliphatic heterocycles. The van der Waals surface area contributed by atoms with Crippen LogP contribution in [0.15, 0.2) is 18.2 Å². The Bertz CT molecular complexity index is 892. The van der Waals surface area contributed by atoms with E-state index < -0.39 is 41.5 Å². The third-order valence-corrected chi connectivity index (χ3v) is 5.68. The van der Waals surface area contributed by atoms with Crippen molar-refractivity contribution in [2.75, 3.05) is 4.90 Å². The summed E-state index contributed by atoms with van der Waals surface area (Å²) in [4.78, 5) is 39.2. The van der Waals surface area contributed by atoms with Crippen LogP contribution in [0.25, 0.3) is 0 Å². The summed E-state index contributed by atoms with van der Waals surface area (Å²) in [5.74, 6) is -2.72. The van der Waals surface area contributed by atoms with Crippen LogP contribution in [-0.2, 0) is 25.8 Å². The number of anilines is 1. The van der Waals surface area contributed by atoms with E-state index in [1.165, 1.54) is 18.2 Å². The van der Waals surface area contributed by atoms with Gasteiger partial charge in [-0.25, -0.2) is 9.29 Å². The number of benzene rings is 1. The van der Waals surface area contributed by atoms with E-state index in [1.54, 1.807) is 13.8 Å². The monoisotopic (exact) mass is 342 g/mol. The van der Waals surface area contributed by atoms with Gasteiger partial charge in [-0.2, -0.15) is 5.26 Å². The fourth-order valence-electron chi connectivity index (χ4n) is 4.51. The first kappa shape index (κ1) is 15.9. The van der Waals surface area contributed by atoms with Gasteiger partial charge in [0.1, 0.15) is 12.3 Å². The molecule has 3 saturated heterocycles. The maximum absolute atomic E-state index is 13.2. The van der Waals surface area contributed by atoms with Crippen molar-refractivity contribution >= 4 is 23.3 Å². The predicted octanol–water partition coefficient (Wildman–Crippen LogP) is 1.65. The summed E-state index contributed by atoms with van der Waals surface area (Å²) in [5, 5.41) is 9.00. The molecule has 3 aliphatic rings. The third-order valence-electron chi connectivity index (χ3n) is 5.68. The molecule has 2 unspecified atom stereocenters. The van der Waals surface area contributed by atoms with Gasteiger partial charge in [0.2, 0.25) is 11.8 Å². The Balaban J connectivity index is 1.80. The number of ketones is 1. The Morgan fingerprint density at radius 1 is 1.28 bits per heavy atom. The van der Waals surface area contributed by atoms with E-state index in [0.717, 1.165) is 4.90 Å². The van der Waals surface area contributed by atoms with Gasteiger partial charge in [0.05, 0.1) is 34.8 Å². The zero-order valence-corrected chi connectivity index (χ0v) is 13.7. The van der Waals surface area contributed by atoms with Gasteiger partial charge in [-0.3, -0.25) is 14.4 Å². The van der Waals surface area contributed by atoms with Gasteiger partial charge >= 0.3 is 0 Å². The minimum absolute atomic E-state index is 0.0978. The maximum atomic E-state index is 13.2. The van der Waals surface area contributed by atoms with Gasteiger partial charge in [-0.15, -0.1) is 0 Å². The molecule has 0 spiro atoms. The number of Topliss-reactive ketones (excluding diaryl/α,β-unsaturated/α-hetero) is 1. The maximum Gasteiger partial charge on any atom is 0.241 e. The van der Waals surface area contributed by atoms with E-state index in [9.17, 15) is 18.8 Å². The second kappa shape index (κ2) is 4.73. The molecule has 1 aromatic carbocycles. The largest absolute Gasteiger partial charge is 0.359 e. The Kier molecular flexibility index (Phi) is 3.01. The zero-order chi connectivity index (χ0) is 18.1. The molecule has 7 heteroatoms. The summed E-state index contributed by atoms with van der Waals surface area (Å²) in [5.41, 5.74) is -1.80. The van der Waals surface area contributed by atoms with E-state index in [-0.39, 0.29) is 29.0 Å². The molecule has 3 fully saturated rings. The van der Waals surface area contributed by atoms with Gasteiger partial charge in [-0.1, -0.05) is 0 Å². The standard InChI is InChI=1S/C18H15FN2O4/c1-17-6-12(22)18(2,25-17)14-13(17)15(23)21(16(14)24)11-4-3-9(8-20)10(5-11)7-19/h3-5,13-14H,6-7H2,1-2H3/t13-,14+,17?,18?/m1/s1. The van der Waals surface area contributed by atoms with E-state index in [2.05, 4.69) is 0 Å². The van der Waals surface area contributed by atoms with Crippen LogP contribution in [0.4, 0.5) is 10.1 Å². The number of hydrogen-bond donors (Lipinski definition) is 0. The number of fused-ring (bicyclic) bond motifs is 5. The van der Waals surface area contributed by atoms with E-state index >= 15 is 0 Å². The Hall–Kier alpha value is -2.59. The van der Waals surface area contributed by atoms with Crippen molar-refractivity contribution in [2.45, 2.75) is 38.1 Å². The lowest BCUT2D eigenvalue weighted by Crippen LogP contribution is -2.46. The van der Waals surface area contributed by atoms with Crippen molar-refractivity contribution in [3.63, 3.8) is 0 Å². The van der Waals surface area contributed by atoms with Crippen LogP contribution in [0.3, 0.4) is 0 Å². The molecule has 1 aromatic rings. The van der Waals surface area contributed by atoms with Crippen molar-refractivity contribution in [1.82, 2.24) is 0 Å². The second-order valence-electron chi connectivity index (χ2n) is 7.18. The predicted molar refractivity (Wildman–Crippen MR) is 83.0 cm³/mol. The lowest BCUT2D eigenvalue weighted by Gasteiger charge is -2.26. The summed E-state index contributed by atoms with van der Waals surface area (Å²) < 4.78 is 19.0. The van der Waals surface area contributed by atoms with E-state index in [0.29, 0.717) is 0 Å². The number of halogens is 1. The van der Waals surface area contributed by atoms with Crippen LogP contribution >= 0.6 is 0 Å². The number of imide groups is 1. The molecule has 4 rings (SSSR count). The van der Waals surface area contributed by atoms with Crippen molar-refractivity contribution < 1.29 is 23.5 Å². The number of ether oxygens (including phenoxy) is 1. The zero-order valence-electron chi connectivity index (χ0n) is 13.7. The number of nitrogens with zero attached hydrogens (tertiary/aromatic N) is 2. The highest BCUT2D eigenvalue weighted by Gasteiger charge is 2.76. The van der Waals surface area contributed by atoms with Crippen molar-refractivity contribution in [2.24, 2.45) is 11.8 Å². The highest BCUT2D eigenvalue weighted by Crippen LogP contribution is 2.59. The molecule has 25 heavy (non-hydrogen) atoms. The highest BCUT2D eigenvalue weighted by atomic mass is 19.1. The molecular formula is C18H15FN2O4. The minimum atomic E-state index is -1.30. The molecule has 3 heterocycles. The SMILES string of the molecule is CC12CC(=O)C(C)(O1)[C@@H]1C(=O)N(c3ccc(C#N)c(CF)c3)C(=O)[C@@H]12. The summed E-state index contributed by atoms with van der Waals surface area (Å²) in [6.45, 7) is 2.36. The fraction of sp³-hybridized carbons (Fsp3) is 0.444. The summed E-state index contributed by atoms with van der Waals surface area (Å²) in [7, 11) is 0. The molecule has 0 aliphatic carbocycles. The van der Waals surface area contributed by atoms with Gasteiger partial charge in [0, 0.05) is 12.0 Å².